The number of nitrogens with zero attached hydrogens (tertiary/aromatic N) is 3. The van der Waals surface area contributed by atoms with Gasteiger partial charge in [0.05, 0.1) is 29.4 Å². The zero-order valence-electron chi connectivity index (χ0n) is 12.6. The van der Waals surface area contributed by atoms with Crippen molar-refractivity contribution in [1.29, 1.82) is 0 Å². The van der Waals surface area contributed by atoms with Crippen molar-refractivity contribution < 1.29 is 12.9 Å². The zero-order chi connectivity index (χ0) is 16.6. The van der Waals surface area contributed by atoms with Crippen molar-refractivity contribution in [3.05, 3.63) is 41.9 Å². The first-order valence-electron chi connectivity index (χ1n) is 7.38. The topological polar surface area (TPSA) is 102 Å². The first kappa shape index (κ1) is 15.5. The molecule has 1 aliphatic heterocycles. The molecule has 0 saturated heterocycles. The van der Waals surface area contributed by atoms with E-state index in [0.717, 1.165) is 41.5 Å². The van der Waals surface area contributed by atoms with Crippen molar-refractivity contribution in [2.75, 3.05) is 6.54 Å². The Labute approximate surface area is 142 Å². The van der Waals surface area contributed by atoms with Crippen LogP contribution in [0.1, 0.15) is 11.4 Å². The van der Waals surface area contributed by atoms with Gasteiger partial charge in [-0.1, -0.05) is 5.16 Å². The van der Waals surface area contributed by atoms with Crippen LogP contribution in [0.15, 0.2) is 39.3 Å². The Balaban J connectivity index is 1.48. The van der Waals surface area contributed by atoms with Crippen molar-refractivity contribution in [3.63, 3.8) is 0 Å². The first-order valence-corrected chi connectivity index (χ1v) is 9.68. The Morgan fingerprint density at radius 2 is 2.29 bits per heavy atom. The van der Waals surface area contributed by atoms with Crippen LogP contribution in [0.3, 0.4) is 0 Å². The Bertz CT molecular complexity index is 920. The van der Waals surface area contributed by atoms with Gasteiger partial charge in [-0.2, -0.15) is 5.10 Å². The summed E-state index contributed by atoms with van der Waals surface area (Å²) in [7, 11) is -3.58. The molecule has 3 aromatic rings. The van der Waals surface area contributed by atoms with Gasteiger partial charge < -0.3 is 9.84 Å². The van der Waals surface area contributed by atoms with Gasteiger partial charge in [0, 0.05) is 19.2 Å². The van der Waals surface area contributed by atoms with E-state index in [1.807, 2.05) is 10.7 Å². The van der Waals surface area contributed by atoms with E-state index < -0.39 is 10.0 Å². The van der Waals surface area contributed by atoms with Gasteiger partial charge in [0.15, 0.2) is 0 Å². The highest BCUT2D eigenvalue weighted by Gasteiger charge is 2.19. The molecule has 0 atom stereocenters. The molecule has 0 aromatic carbocycles. The molecule has 2 N–H and O–H groups in total. The minimum Gasteiger partial charge on any atom is -0.364 e. The van der Waals surface area contributed by atoms with Crippen molar-refractivity contribution in [1.82, 2.24) is 25.0 Å². The summed E-state index contributed by atoms with van der Waals surface area (Å²) in [6, 6.07) is 6.90. The smallest absolute Gasteiger partial charge is 0.250 e. The van der Waals surface area contributed by atoms with E-state index in [4.69, 9.17) is 4.52 Å². The third kappa shape index (κ3) is 3.00. The Morgan fingerprint density at radius 3 is 3.08 bits per heavy atom. The molecule has 0 bridgehead atoms. The molecule has 4 rings (SSSR count). The first-order chi connectivity index (χ1) is 11.6. The van der Waals surface area contributed by atoms with E-state index in [2.05, 4.69) is 20.3 Å². The average Bonchev–Trinajstić information content (AvgIpc) is 3.31. The number of rotatable bonds is 5. The van der Waals surface area contributed by atoms with E-state index in [1.165, 1.54) is 6.26 Å². The van der Waals surface area contributed by atoms with Crippen LogP contribution in [0, 0.1) is 0 Å². The summed E-state index contributed by atoms with van der Waals surface area (Å²) in [5, 5.41) is 11.5. The molecule has 3 aromatic heterocycles. The summed E-state index contributed by atoms with van der Waals surface area (Å²) in [6.45, 7) is 2.60. The highest BCUT2D eigenvalue weighted by atomic mass is 32.2. The third-order valence-electron chi connectivity index (χ3n) is 3.70. The van der Waals surface area contributed by atoms with Crippen LogP contribution >= 0.6 is 11.3 Å². The normalized spacial score (nSPS) is 14.7. The molecule has 0 amide bonds. The van der Waals surface area contributed by atoms with Gasteiger partial charge in [0.25, 0.3) is 0 Å². The van der Waals surface area contributed by atoms with Gasteiger partial charge in [-0.05, 0) is 18.2 Å². The predicted molar refractivity (Wildman–Crippen MR) is 87.8 cm³/mol. The molecule has 0 spiro atoms. The van der Waals surface area contributed by atoms with Crippen molar-refractivity contribution in [2.24, 2.45) is 0 Å². The molecule has 126 valence electrons. The van der Waals surface area contributed by atoms with E-state index in [0.29, 0.717) is 11.4 Å². The quantitative estimate of drug-likeness (QED) is 0.704. The third-order valence-corrected chi connectivity index (χ3v) is 6.70. The minimum atomic E-state index is -3.58. The monoisotopic (exact) mass is 365 g/mol. The number of aromatic nitrogens is 3. The van der Waals surface area contributed by atoms with Crippen LogP contribution in [0.25, 0.3) is 10.6 Å². The molecule has 8 nitrogen and oxygen atoms in total. The summed E-state index contributed by atoms with van der Waals surface area (Å²) in [4.78, 5) is 0.743. The number of hydrogen-bond donors (Lipinski definition) is 2. The average molecular weight is 365 g/mol. The molecule has 0 aliphatic carbocycles. The fraction of sp³-hybridized carbons (Fsp3) is 0.286. The van der Waals surface area contributed by atoms with Crippen LogP contribution in [-0.2, 0) is 29.7 Å². The van der Waals surface area contributed by atoms with Crippen molar-refractivity contribution >= 4 is 21.4 Å². The van der Waals surface area contributed by atoms with Crippen LogP contribution in [0.4, 0.5) is 0 Å². The van der Waals surface area contributed by atoms with Crippen LogP contribution in [-0.4, -0.2) is 29.9 Å². The van der Waals surface area contributed by atoms with Crippen LogP contribution < -0.4 is 10.0 Å². The second-order valence-corrected chi connectivity index (χ2v) is 8.43. The molecule has 4 heterocycles. The molecule has 24 heavy (non-hydrogen) atoms. The van der Waals surface area contributed by atoms with Gasteiger partial charge in [0.2, 0.25) is 10.0 Å². The number of hydrogen-bond acceptors (Lipinski definition) is 7. The maximum atomic E-state index is 12.4. The lowest BCUT2D eigenvalue weighted by atomic mass is 10.3. The van der Waals surface area contributed by atoms with Gasteiger partial charge >= 0.3 is 0 Å². The summed E-state index contributed by atoms with van der Waals surface area (Å²) in [5.74, 6) is 0. The molecule has 0 fully saturated rings. The molecular formula is C14H15N5O3S2. The molecule has 0 radical (unpaired) electrons. The molecular weight excluding hydrogens is 350 g/mol. The molecule has 10 heteroatoms. The molecule has 0 unspecified atom stereocenters. The van der Waals surface area contributed by atoms with Gasteiger partial charge in [-0.25, -0.2) is 13.1 Å². The van der Waals surface area contributed by atoms with E-state index in [1.54, 1.807) is 18.2 Å². The van der Waals surface area contributed by atoms with Gasteiger partial charge in [0.1, 0.15) is 16.2 Å². The number of thiophene rings is 1. The fourth-order valence-electron chi connectivity index (χ4n) is 2.52. The standard InChI is InChI=1S/C14H15N5O3S2/c20-24(21,14-2-1-13(23-14)12-3-6-22-18-12)16-8-10-7-11-9-15-4-5-19(11)17-10/h1-3,6-7,15-16H,4-5,8-9H2. The molecule has 1 aliphatic rings. The second kappa shape index (κ2) is 6.13. The van der Waals surface area contributed by atoms with Gasteiger partial charge in [-0.15, -0.1) is 11.3 Å². The Hall–Kier alpha value is -2.01. The predicted octanol–water partition coefficient (Wildman–Crippen LogP) is 1.18. The number of nitrogens with one attached hydrogen (secondary N) is 2. The lowest BCUT2D eigenvalue weighted by Gasteiger charge is -2.13. The lowest BCUT2D eigenvalue weighted by Crippen LogP contribution is -2.28. The highest BCUT2D eigenvalue weighted by molar-refractivity contribution is 7.91. The largest absolute Gasteiger partial charge is 0.364 e. The number of sulfonamides is 1. The van der Waals surface area contributed by atoms with Crippen LogP contribution in [0.5, 0.6) is 0 Å². The zero-order valence-corrected chi connectivity index (χ0v) is 14.2. The Morgan fingerprint density at radius 1 is 1.38 bits per heavy atom. The maximum absolute atomic E-state index is 12.4. The summed E-state index contributed by atoms with van der Waals surface area (Å²) < 4.78 is 34.4. The second-order valence-electron chi connectivity index (χ2n) is 5.35. The summed E-state index contributed by atoms with van der Waals surface area (Å²) in [5.41, 5.74) is 2.40. The lowest BCUT2D eigenvalue weighted by molar-refractivity contribution is 0.422. The number of fused-ring (bicyclic) bond motifs is 1. The Kier molecular flexibility index (Phi) is 3.96. The summed E-state index contributed by atoms with van der Waals surface area (Å²) in [6.07, 6.45) is 1.46. The SMILES string of the molecule is O=S(=O)(NCc1cc2n(n1)CCNC2)c1ccc(-c2ccon2)s1. The minimum absolute atomic E-state index is 0.166. The molecule has 0 saturated carbocycles. The van der Waals surface area contributed by atoms with E-state index in [-0.39, 0.29) is 10.8 Å². The summed E-state index contributed by atoms with van der Waals surface area (Å²) >= 11 is 1.15. The van der Waals surface area contributed by atoms with E-state index >= 15 is 0 Å². The highest BCUT2D eigenvalue weighted by Crippen LogP contribution is 2.29. The van der Waals surface area contributed by atoms with Crippen molar-refractivity contribution in [3.8, 4) is 10.6 Å². The van der Waals surface area contributed by atoms with Crippen molar-refractivity contribution in [2.45, 2.75) is 23.8 Å². The van der Waals surface area contributed by atoms with Crippen LogP contribution in [0.2, 0.25) is 0 Å². The van der Waals surface area contributed by atoms with Gasteiger partial charge in [-0.3, -0.25) is 4.68 Å². The van der Waals surface area contributed by atoms with E-state index in [9.17, 15) is 8.42 Å². The fourth-order valence-corrected chi connectivity index (χ4v) is 4.83. The maximum Gasteiger partial charge on any atom is 0.250 e.